The quantitative estimate of drug-likeness (QED) is 0.377. The number of nitrogens with one attached hydrogen (secondary N) is 1. The third-order valence-electron chi connectivity index (χ3n) is 6.83. The molecule has 1 unspecified atom stereocenters. The van der Waals surface area contributed by atoms with Crippen LogP contribution in [0.15, 0.2) is 73.3 Å². The summed E-state index contributed by atoms with van der Waals surface area (Å²) in [5.74, 6) is 0.269. The first-order chi connectivity index (χ1) is 17.4. The lowest BCUT2D eigenvalue weighted by molar-refractivity contribution is 0.0867. The molecule has 1 atom stereocenters. The molecule has 1 N–H and O–H groups in total. The molecule has 3 aromatic carbocycles. The Balaban J connectivity index is 1.40. The van der Waals surface area contributed by atoms with E-state index in [-0.39, 0.29) is 11.7 Å². The normalized spacial score (nSPS) is 17.2. The summed E-state index contributed by atoms with van der Waals surface area (Å²) in [6.07, 6.45) is 4.31. The Morgan fingerprint density at radius 1 is 1.08 bits per heavy atom. The topological polar surface area (TPSA) is 77.6 Å². The molecule has 36 heavy (non-hydrogen) atoms. The number of aryl methyl sites for hydroxylation is 2. The third-order valence-corrected chi connectivity index (χ3v) is 7.14. The summed E-state index contributed by atoms with van der Waals surface area (Å²) in [4.78, 5) is 18.4. The molecule has 2 aromatic heterocycles. The van der Waals surface area contributed by atoms with Gasteiger partial charge in [0.15, 0.2) is 0 Å². The molecule has 9 heteroatoms. The Morgan fingerprint density at radius 3 is 2.69 bits per heavy atom. The van der Waals surface area contributed by atoms with Crippen molar-refractivity contribution in [3.8, 4) is 5.69 Å². The van der Waals surface area contributed by atoms with Gasteiger partial charge in [-0.05, 0) is 66.9 Å². The first kappa shape index (κ1) is 22.4. The zero-order valence-corrected chi connectivity index (χ0v) is 20.2. The minimum atomic E-state index is -0.846. The van der Waals surface area contributed by atoms with Crippen molar-refractivity contribution in [3.63, 3.8) is 0 Å². The van der Waals surface area contributed by atoms with Crippen molar-refractivity contribution in [1.29, 1.82) is 0 Å². The van der Waals surface area contributed by atoms with E-state index in [1.54, 1.807) is 41.5 Å². The molecule has 5 aromatic rings. The van der Waals surface area contributed by atoms with Crippen molar-refractivity contribution in [2.24, 2.45) is 0 Å². The molecule has 1 aliphatic rings. The van der Waals surface area contributed by atoms with E-state index in [0.717, 1.165) is 28.1 Å². The highest BCUT2D eigenvalue weighted by molar-refractivity contribution is 6.34. The number of hydrogen-bond donors (Lipinski definition) is 1. The van der Waals surface area contributed by atoms with Crippen molar-refractivity contribution in [2.75, 3.05) is 0 Å². The van der Waals surface area contributed by atoms with Crippen LogP contribution in [-0.2, 0) is 18.5 Å². The van der Waals surface area contributed by atoms with Crippen LogP contribution in [-0.4, -0.2) is 30.2 Å². The number of imidazole rings is 1. The van der Waals surface area contributed by atoms with Gasteiger partial charge in [-0.1, -0.05) is 29.8 Å². The zero-order valence-electron chi connectivity index (χ0n) is 19.4. The lowest BCUT2D eigenvalue weighted by atomic mass is 9.82. The second-order valence-electron chi connectivity index (χ2n) is 9.19. The Bertz CT molecular complexity index is 1610. The fourth-order valence-electron chi connectivity index (χ4n) is 4.99. The minimum Gasteiger partial charge on any atom is -0.341 e. The van der Waals surface area contributed by atoms with Gasteiger partial charge >= 0.3 is 0 Å². The number of benzene rings is 3. The highest BCUT2D eigenvalue weighted by Gasteiger charge is 2.39. The molecule has 1 aliphatic heterocycles. The SMILES string of the molecule is Cc1ccc2c(c1)nc1n2CC(NC(=O)c2ccc(-n3cnnc3)cc2Cl)(c2cccc(F)c2)CC1. The van der Waals surface area contributed by atoms with Crippen molar-refractivity contribution >= 4 is 28.5 Å². The largest absolute Gasteiger partial charge is 0.341 e. The number of carbonyl (C=O) groups excluding carboxylic acids is 1. The summed E-state index contributed by atoms with van der Waals surface area (Å²) in [6.45, 7) is 2.46. The van der Waals surface area contributed by atoms with Gasteiger partial charge in [0.05, 0.1) is 33.7 Å². The fourth-order valence-corrected chi connectivity index (χ4v) is 5.26. The van der Waals surface area contributed by atoms with Crippen molar-refractivity contribution in [1.82, 2.24) is 29.6 Å². The summed E-state index contributed by atoms with van der Waals surface area (Å²) >= 11 is 6.54. The van der Waals surface area contributed by atoms with Crippen LogP contribution in [0.4, 0.5) is 4.39 Å². The number of amides is 1. The monoisotopic (exact) mass is 500 g/mol. The van der Waals surface area contributed by atoms with Gasteiger partial charge in [0.2, 0.25) is 0 Å². The molecule has 180 valence electrons. The molecule has 1 amide bonds. The lowest BCUT2D eigenvalue weighted by Crippen LogP contribution is -2.51. The summed E-state index contributed by atoms with van der Waals surface area (Å²) in [7, 11) is 0. The van der Waals surface area contributed by atoms with Gasteiger partial charge in [0.1, 0.15) is 24.3 Å². The van der Waals surface area contributed by atoms with Crippen LogP contribution in [0.1, 0.15) is 33.7 Å². The molecule has 0 aliphatic carbocycles. The van der Waals surface area contributed by atoms with E-state index in [1.165, 1.54) is 12.1 Å². The minimum absolute atomic E-state index is 0.299. The van der Waals surface area contributed by atoms with Crippen molar-refractivity contribution in [3.05, 3.63) is 107 Å². The van der Waals surface area contributed by atoms with Crippen molar-refractivity contribution in [2.45, 2.75) is 31.8 Å². The van der Waals surface area contributed by atoms with Crippen LogP contribution in [0.2, 0.25) is 5.02 Å². The van der Waals surface area contributed by atoms with Crippen LogP contribution in [0.5, 0.6) is 0 Å². The number of nitrogens with zero attached hydrogens (tertiary/aromatic N) is 5. The molecule has 0 saturated heterocycles. The molecule has 0 saturated carbocycles. The van der Waals surface area contributed by atoms with E-state index in [0.29, 0.717) is 35.5 Å². The summed E-state index contributed by atoms with van der Waals surface area (Å²) < 4.78 is 18.2. The average molecular weight is 501 g/mol. The van der Waals surface area contributed by atoms with Gasteiger partial charge in [-0.2, -0.15) is 0 Å². The standard InChI is InChI=1S/C27H22ClFN6O/c1-17-5-8-24-23(11-17)32-25-9-10-27(14-35(24)25,18-3-2-4-19(29)12-18)33-26(36)21-7-6-20(13-22(21)28)34-15-30-31-16-34/h2-8,11-13,15-16H,9-10,14H2,1H3,(H,33,36). The van der Waals surface area contributed by atoms with Gasteiger partial charge < -0.3 is 9.88 Å². The van der Waals surface area contributed by atoms with Gasteiger partial charge in [-0.25, -0.2) is 9.37 Å². The predicted molar refractivity (Wildman–Crippen MR) is 135 cm³/mol. The lowest BCUT2D eigenvalue weighted by Gasteiger charge is -2.39. The first-order valence-electron chi connectivity index (χ1n) is 11.6. The molecule has 3 heterocycles. The molecule has 0 radical (unpaired) electrons. The number of hydrogen-bond acceptors (Lipinski definition) is 4. The molecule has 7 nitrogen and oxygen atoms in total. The molecule has 0 spiro atoms. The van der Waals surface area contributed by atoms with Gasteiger partial charge in [0.25, 0.3) is 5.91 Å². The Hall–Kier alpha value is -4.04. The van der Waals surface area contributed by atoms with E-state index >= 15 is 0 Å². The average Bonchev–Trinajstić information content (AvgIpc) is 3.51. The zero-order chi connectivity index (χ0) is 24.9. The maximum Gasteiger partial charge on any atom is 0.253 e. The van der Waals surface area contributed by atoms with Gasteiger partial charge in [0, 0.05) is 12.1 Å². The summed E-state index contributed by atoms with van der Waals surface area (Å²) in [6, 6.07) is 17.7. The molecule has 6 rings (SSSR count). The van der Waals surface area contributed by atoms with E-state index in [2.05, 4.69) is 26.1 Å². The number of rotatable bonds is 4. The van der Waals surface area contributed by atoms with Crippen LogP contribution >= 0.6 is 11.6 Å². The van der Waals surface area contributed by atoms with Crippen LogP contribution in [0.25, 0.3) is 16.7 Å². The molecular weight excluding hydrogens is 479 g/mol. The molecule has 0 fully saturated rings. The summed E-state index contributed by atoms with van der Waals surface area (Å²) in [5, 5.41) is 11.1. The second kappa shape index (κ2) is 8.57. The number of fused-ring (bicyclic) bond motifs is 3. The first-order valence-corrected chi connectivity index (χ1v) is 12.0. The summed E-state index contributed by atoms with van der Waals surface area (Å²) in [5.41, 5.74) is 3.96. The Kier molecular flexibility index (Phi) is 5.34. The number of aromatic nitrogens is 5. The smallest absolute Gasteiger partial charge is 0.253 e. The van der Waals surface area contributed by atoms with E-state index < -0.39 is 5.54 Å². The van der Waals surface area contributed by atoms with Gasteiger partial charge in [-0.3, -0.25) is 9.36 Å². The van der Waals surface area contributed by atoms with Crippen LogP contribution in [0.3, 0.4) is 0 Å². The van der Waals surface area contributed by atoms with Gasteiger partial charge in [-0.15, -0.1) is 10.2 Å². The van der Waals surface area contributed by atoms with Crippen LogP contribution < -0.4 is 5.32 Å². The maximum atomic E-state index is 14.4. The highest BCUT2D eigenvalue weighted by Crippen LogP contribution is 2.36. The van der Waals surface area contributed by atoms with E-state index in [9.17, 15) is 9.18 Å². The molecule has 0 bridgehead atoms. The van der Waals surface area contributed by atoms with E-state index in [4.69, 9.17) is 16.6 Å². The number of carbonyl (C=O) groups is 1. The fraction of sp³-hybridized carbons (Fsp3) is 0.185. The highest BCUT2D eigenvalue weighted by atomic mass is 35.5. The van der Waals surface area contributed by atoms with E-state index in [1.807, 2.05) is 25.1 Å². The van der Waals surface area contributed by atoms with Crippen LogP contribution in [0, 0.1) is 12.7 Å². The maximum absolute atomic E-state index is 14.4. The Morgan fingerprint density at radius 2 is 1.92 bits per heavy atom. The number of halogens is 2. The molecular formula is C27H22ClFN6O. The predicted octanol–water partition coefficient (Wildman–Crippen LogP) is 4.99. The van der Waals surface area contributed by atoms with Crippen molar-refractivity contribution < 1.29 is 9.18 Å². The Labute approximate surface area is 211 Å². The second-order valence-corrected chi connectivity index (χ2v) is 9.59. The third kappa shape index (κ3) is 3.83.